The van der Waals surface area contributed by atoms with Gasteiger partial charge in [-0.2, -0.15) is 4.31 Å². The van der Waals surface area contributed by atoms with Gasteiger partial charge in [-0.05, 0) is 67.3 Å². The van der Waals surface area contributed by atoms with Crippen LogP contribution in [0, 0.1) is 5.92 Å². The average molecular weight is 639 g/mol. The fourth-order valence-electron chi connectivity index (χ4n) is 4.23. The molecule has 1 aromatic heterocycles. The van der Waals surface area contributed by atoms with Crippen molar-refractivity contribution in [3.63, 3.8) is 0 Å². The number of hydrogen-bond donors (Lipinski definition) is 0. The SMILES string of the molecule is CCOCCCN(CC(=O)N(Cc1cccn1Cc1ccccc1Cl)CC(C)C)S(=O)(=O)c1ccc(Br)cc1. The van der Waals surface area contributed by atoms with Gasteiger partial charge in [0.15, 0.2) is 0 Å². The number of rotatable bonds is 15. The number of ether oxygens (including phenoxy) is 1. The van der Waals surface area contributed by atoms with E-state index in [0.29, 0.717) is 44.3 Å². The van der Waals surface area contributed by atoms with E-state index < -0.39 is 10.0 Å². The summed E-state index contributed by atoms with van der Waals surface area (Å²) in [6.45, 7) is 8.32. The third-order valence-corrected chi connectivity index (χ3v) is 8.93. The minimum absolute atomic E-state index is 0.152. The molecule has 3 aromatic rings. The number of sulfonamides is 1. The van der Waals surface area contributed by atoms with E-state index in [1.807, 2.05) is 63.4 Å². The summed E-state index contributed by atoms with van der Waals surface area (Å²) < 4.78 is 36.7. The van der Waals surface area contributed by atoms with Crippen molar-refractivity contribution in [1.29, 1.82) is 0 Å². The number of hydrogen-bond acceptors (Lipinski definition) is 4. The molecule has 0 radical (unpaired) electrons. The lowest BCUT2D eigenvalue weighted by Gasteiger charge is -2.29. The minimum Gasteiger partial charge on any atom is -0.382 e. The summed E-state index contributed by atoms with van der Waals surface area (Å²) in [6.07, 6.45) is 2.45. The van der Waals surface area contributed by atoms with E-state index in [9.17, 15) is 13.2 Å². The van der Waals surface area contributed by atoms with Gasteiger partial charge in [-0.3, -0.25) is 4.79 Å². The molecule has 1 heterocycles. The first kappa shape index (κ1) is 31.4. The number of amides is 1. The van der Waals surface area contributed by atoms with Crippen molar-refractivity contribution >= 4 is 43.5 Å². The first-order chi connectivity index (χ1) is 18.6. The highest BCUT2D eigenvalue weighted by Crippen LogP contribution is 2.21. The summed E-state index contributed by atoms with van der Waals surface area (Å²) in [5.41, 5.74) is 1.93. The summed E-state index contributed by atoms with van der Waals surface area (Å²) in [7, 11) is -3.89. The normalized spacial score (nSPS) is 11.9. The quantitative estimate of drug-likeness (QED) is 0.190. The van der Waals surface area contributed by atoms with Crippen molar-refractivity contribution < 1.29 is 17.9 Å². The lowest BCUT2D eigenvalue weighted by molar-refractivity contribution is -0.132. The van der Waals surface area contributed by atoms with Crippen LogP contribution in [0.1, 0.15) is 38.4 Å². The number of aromatic nitrogens is 1. The van der Waals surface area contributed by atoms with Crippen molar-refractivity contribution in [1.82, 2.24) is 13.8 Å². The van der Waals surface area contributed by atoms with Gasteiger partial charge < -0.3 is 14.2 Å². The maximum Gasteiger partial charge on any atom is 0.243 e. The first-order valence-corrected chi connectivity index (χ1v) is 15.7. The number of halogens is 2. The lowest BCUT2D eigenvalue weighted by atomic mass is 10.2. The van der Waals surface area contributed by atoms with Crippen LogP contribution >= 0.6 is 27.5 Å². The van der Waals surface area contributed by atoms with E-state index in [1.165, 1.54) is 4.31 Å². The van der Waals surface area contributed by atoms with Gasteiger partial charge in [0.25, 0.3) is 0 Å². The zero-order valence-corrected chi connectivity index (χ0v) is 25.9. The predicted octanol–water partition coefficient (Wildman–Crippen LogP) is 6.05. The average Bonchev–Trinajstić information content (AvgIpc) is 3.33. The van der Waals surface area contributed by atoms with Crippen LogP contribution in [0.5, 0.6) is 0 Å². The van der Waals surface area contributed by atoms with E-state index in [-0.39, 0.29) is 29.8 Å². The van der Waals surface area contributed by atoms with Crippen LogP contribution in [0.15, 0.2) is 76.2 Å². The van der Waals surface area contributed by atoms with E-state index in [2.05, 4.69) is 20.5 Å². The Morgan fingerprint density at radius 3 is 2.46 bits per heavy atom. The third kappa shape index (κ3) is 9.18. The predicted molar refractivity (Wildman–Crippen MR) is 159 cm³/mol. The fourth-order valence-corrected chi connectivity index (χ4v) is 6.11. The van der Waals surface area contributed by atoms with Gasteiger partial charge in [0, 0.05) is 54.2 Å². The Morgan fingerprint density at radius 2 is 1.79 bits per heavy atom. The van der Waals surface area contributed by atoms with E-state index in [0.717, 1.165) is 15.7 Å². The van der Waals surface area contributed by atoms with Crippen LogP contribution in [0.25, 0.3) is 0 Å². The van der Waals surface area contributed by atoms with Gasteiger partial charge in [0.1, 0.15) is 0 Å². The highest BCUT2D eigenvalue weighted by molar-refractivity contribution is 9.10. The Kier molecular flexibility index (Phi) is 12.1. The summed E-state index contributed by atoms with van der Waals surface area (Å²) >= 11 is 9.74. The molecule has 0 fully saturated rings. The summed E-state index contributed by atoms with van der Waals surface area (Å²) in [5, 5.41) is 0.688. The molecule has 1 amide bonds. The maximum atomic E-state index is 13.7. The summed E-state index contributed by atoms with van der Waals surface area (Å²) in [6, 6.07) is 18.1. The molecule has 212 valence electrons. The topological polar surface area (TPSA) is 71.8 Å². The van der Waals surface area contributed by atoms with Crippen LogP contribution in [0.4, 0.5) is 0 Å². The van der Waals surface area contributed by atoms with Crippen LogP contribution in [0.3, 0.4) is 0 Å². The molecule has 0 N–H and O–H groups in total. The Bertz CT molecular complexity index is 1310. The van der Waals surface area contributed by atoms with Crippen LogP contribution < -0.4 is 0 Å². The zero-order chi connectivity index (χ0) is 28.4. The van der Waals surface area contributed by atoms with Crippen molar-refractivity contribution in [2.24, 2.45) is 5.92 Å². The monoisotopic (exact) mass is 637 g/mol. The molecular formula is C29H37BrClN3O4S. The molecule has 0 aliphatic rings. The molecule has 0 aliphatic carbocycles. The fraction of sp³-hybridized carbons (Fsp3) is 0.414. The van der Waals surface area contributed by atoms with E-state index in [4.69, 9.17) is 16.3 Å². The van der Waals surface area contributed by atoms with Crippen molar-refractivity contribution in [2.75, 3.05) is 32.8 Å². The minimum atomic E-state index is -3.89. The molecule has 0 spiro atoms. The van der Waals surface area contributed by atoms with Crippen LogP contribution in [0.2, 0.25) is 5.02 Å². The molecule has 0 saturated heterocycles. The van der Waals surface area contributed by atoms with Crippen molar-refractivity contribution in [2.45, 2.75) is 45.2 Å². The summed E-state index contributed by atoms with van der Waals surface area (Å²) in [5.74, 6) is -0.0401. The van der Waals surface area contributed by atoms with Gasteiger partial charge in [0.2, 0.25) is 15.9 Å². The van der Waals surface area contributed by atoms with Crippen LogP contribution in [-0.4, -0.2) is 60.9 Å². The third-order valence-electron chi connectivity index (χ3n) is 6.18. The number of carbonyl (C=O) groups is 1. The van der Waals surface area contributed by atoms with Crippen LogP contribution in [-0.2, 0) is 32.6 Å². The Morgan fingerprint density at radius 1 is 1.08 bits per heavy atom. The Labute approximate surface area is 245 Å². The van der Waals surface area contributed by atoms with E-state index >= 15 is 0 Å². The van der Waals surface area contributed by atoms with Gasteiger partial charge >= 0.3 is 0 Å². The molecule has 0 atom stereocenters. The molecule has 0 unspecified atom stereocenters. The smallest absolute Gasteiger partial charge is 0.243 e. The number of nitrogens with zero attached hydrogens (tertiary/aromatic N) is 3. The second kappa shape index (κ2) is 15.0. The van der Waals surface area contributed by atoms with Gasteiger partial charge in [0.05, 0.1) is 18.0 Å². The molecule has 0 saturated carbocycles. The Hall–Kier alpha value is -2.17. The molecule has 0 bridgehead atoms. The highest BCUT2D eigenvalue weighted by Gasteiger charge is 2.29. The Balaban J connectivity index is 1.83. The second-order valence-corrected chi connectivity index (χ2v) is 13.0. The summed E-state index contributed by atoms with van der Waals surface area (Å²) in [4.78, 5) is 15.6. The number of carbonyl (C=O) groups excluding carboxylic acids is 1. The first-order valence-electron chi connectivity index (χ1n) is 13.1. The van der Waals surface area contributed by atoms with Gasteiger partial charge in [-0.1, -0.05) is 59.6 Å². The highest BCUT2D eigenvalue weighted by atomic mass is 79.9. The standard InChI is InChI=1S/C29H37BrClN3O4S/c1-4-38-18-8-17-34(39(36,37)27-14-12-25(30)13-15-27)22-29(35)33(19-23(2)3)21-26-10-7-16-32(26)20-24-9-5-6-11-28(24)31/h5-7,9-16,23H,4,8,17-22H2,1-3H3. The zero-order valence-electron chi connectivity index (χ0n) is 22.7. The molecule has 39 heavy (non-hydrogen) atoms. The van der Waals surface area contributed by atoms with Crippen molar-refractivity contribution in [3.05, 3.63) is 87.6 Å². The second-order valence-electron chi connectivity index (χ2n) is 9.73. The van der Waals surface area contributed by atoms with E-state index in [1.54, 1.807) is 29.2 Å². The molecule has 2 aromatic carbocycles. The molecular weight excluding hydrogens is 602 g/mol. The molecule has 0 aliphatic heterocycles. The molecule has 7 nitrogen and oxygen atoms in total. The molecule has 10 heteroatoms. The number of benzene rings is 2. The largest absolute Gasteiger partial charge is 0.382 e. The van der Waals surface area contributed by atoms with Gasteiger partial charge in [-0.15, -0.1) is 0 Å². The maximum absolute atomic E-state index is 13.7. The van der Waals surface area contributed by atoms with Gasteiger partial charge in [-0.25, -0.2) is 8.42 Å². The molecule has 3 rings (SSSR count). The lowest BCUT2D eigenvalue weighted by Crippen LogP contribution is -2.44. The van der Waals surface area contributed by atoms with Crippen molar-refractivity contribution in [3.8, 4) is 0 Å².